The van der Waals surface area contributed by atoms with Crippen molar-refractivity contribution in [3.63, 3.8) is 0 Å². The van der Waals surface area contributed by atoms with Gasteiger partial charge in [0.2, 0.25) is 0 Å². The minimum absolute atomic E-state index is 0.296. The van der Waals surface area contributed by atoms with Crippen LogP contribution >= 0.6 is 0 Å². The number of hydrogen-bond donors (Lipinski definition) is 2. The molecule has 0 saturated heterocycles. The maximum Gasteiger partial charge on any atom is 0.128 e. The molecular formula is C14H14F2N2. The van der Waals surface area contributed by atoms with E-state index in [1.807, 2.05) is 0 Å². The van der Waals surface area contributed by atoms with Gasteiger partial charge in [0.15, 0.2) is 0 Å². The summed E-state index contributed by atoms with van der Waals surface area (Å²) < 4.78 is 26.7. The zero-order valence-corrected chi connectivity index (χ0v) is 9.95. The van der Waals surface area contributed by atoms with E-state index in [2.05, 4.69) is 5.32 Å². The maximum absolute atomic E-state index is 13.6. The third-order valence-electron chi connectivity index (χ3n) is 2.76. The Bertz CT molecular complexity index is 555. The van der Waals surface area contributed by atoms with Gasteiger partial charge in [-0.3, -0.25) is 0 Å². The van der Waals surface area contributed by atoms with Crippen LogP contribution in [0.5, 0.6) is 0 Å². The second kappa shape index (κ2) is 5.04. The van der Waals surface area contributed by atoms with Crippen molar-refractivity contribution in [2.45, 2.75) is 13.0 Å². The molecule has 0 fully saturated rings. The molecule has 0 aromatic heterocycles. The van der Waals surface area contributed by atoms with Crippen molar-refractivity contribution in [2.24, 2.45) is 0 Å². The van der Waals surface area contributed by atoms with E-state index in [1.165, 1.54) is 24.3 Å². The second-order valence-electron chi connectivity index (χ2n) is 4.12. The first kappa shape index (κ1) is 12.4. The Labute approximate surface area is 104 Å². The van der Waals surface area contributed by atoms with Gasteiger partial charge < -0.3 is 11.1 Å². The van der Waals surface area contributed by atoms with Crippen molar-refractivity contribution in [2.75, 3.05) is 11.1 Å². The first-order valence-electron chi connectivity index (χ1n) is 5.64. The summed E-state index contributed by atoms with van der Waals surface area (Å²) >= 11 is 0. The average molecular weight is 248 g/mol. The number of hydrogen-bond acceptors (Lipinski definition) is 2. The molecule has 0 amide bonds. The van der Waals surface area contributed by atoms with Crippen molar-refractivity contribution < 1.29 is 8.78 Å². The van der Waals surface area contributed by atoms with E-state index in [1.54, 1.807) is 25.1 Å². The number of benzene rings is 2. The third-order valence-corrected chi connectivity index (χ3v) is 2.76. The molecule has 18 heavy (non-hydrogen) atoms. The van der Waals surface area contributed by atoms with Crippen LogP contribution in [0.15, 0.2) is 42.5 Å². The molecule has 0 heterocycles. The van der Waals surface area contributed by atoms with Crippen LogP contribution in [-0.2, 0) is 0 Å². The molecule has 0 aliphatic rings. The van der Waals surface area contributed by atoms with Crippen LogP contribution in [-0.4, -0.2) is 0 Å². The van der Waals surface area contributed by atoms with Gasteiger partial charge in [0.1, 0.15) is 11.6 Å². The minimum atomic E-state index is -0.382. The van der Waals surface area contributed by atoms with Crippen LogP contribution in [0.25, 0.3) is 0 Å². The summed E-state index contributed by atoms with van der Waals surface area (Å²) in [6.07, 6.45) is 0. The van der Waals surface area contributed by atoms with Crippen LogP contribution in [0.2, 0.25) is 0 Å². The second-order valence-corrected chi connectivity index (χ2v) is 4.12. The van der Waals surface area contributed by atoms with E-state index in [4.69, 9.17) is 5.73 Å². The van der Waals surface area contributed by atoms with Crippen molar-refractivity contribution in [3.05, 3.63) is 59.7 Å². The summed E-state index contributed by atoms with van der Waals surface area (Å²) in [5.41, 5.74) is 7.14. The van der Waals surface area contributed by atoms with Crippen LogP contribution in [0.3, 0.4) is 0 Å². The third kappa shape index (κ3) is 2.59. The molecule has 0 aliphatic carbocycles. The fraction of sp³-hybridized carbons (Fsp3) is 0.143. The van der Waals surface area contributed by atoms with Crippen molar-refractivity contribution in [1.82, 2.24) is 0 Å². The SMILES string of the molecule is CC(Nc1cc(F)ccc1N)c1ccccc1F. The molecular weight excluding hydrogens is 234 g/mol. The highest BCUT2D eigenvalue weighted by Gasteiger charge is 2.11. The van der Waals surface area contributed by atoms with Gasteiger partial charge in [-0.05, 0) is 31.2 Å². The molecule has 4 heteroatoms. The quantitative estimate of drug-likeness (QED) is 0.812. The Morgan fingerprint density at radius 1 is 1.11 bits per heavy atom. The summed E-state index contributed by atoms with van der Waals surface area (Å²) in [5, 5.41) is 3.00. The largest absolute Gasteiger partial charge is 0.397 e. The number of nitrogens with one attached hydrogen (secondary N) is 1. The van der Waals surface area contributed by atoms with Crippen LogP contribution < -0.4 is 11.1 Å². The molecule has 94 valence electrons. The highest BCUT2D eigenvalue weighted by molar-refractivity contribution is 5.66. The smallest absolute Gasteiger partial charge is 0.128 e. The van der Waals surface area contributed by atoms with Crippen molar-refractivity contribution in [1.29, 1.82) is 0 Å². The summed E-state index contributed by atoms with van der Waals surface area (Å²) in [6, 6.07) is 10.2. The zero-order chi connectivity index (χ0) is 13.1. The predicted octanol–water partition coefficient (Wildman–Crippen LogP) is 3.72. The van der Waals surface area contributed by atoms with Crippen LogP contribution in [0, 0.1) is 11.6 Å². The van der Waals surface area contributed by atoms with Gasteiger partial charge >= 0.3 is 0 Å². The van der Waals surface area contributed by atoms with E-state index in [0.717, 1.165) is 0 Å². The van der Waals surface area contributed by atoms with Crippen molar-refractivity contribution >= 4 is 11.4 Å². The minimum Gasteiger partial charge on any atom is -0.397 e. The molecule has 3 N–H and O–H groups in total. The fourth-order valence-corrected chi connectivity index (χ4v) is 1.79. The molecule has 1 atom stereocenters. The van der Waals surface area contributed by atoms with Gasteiger partial charge in [0.25, 0.3) is 0 Å². The van der Waals surface area contributed by atoms with E-state index in [0.29, 0.717) is 16.9 Å². The molecule has 0 spiro atoms. The highest BCUT2D eigenvalue weighted by atomic mass is 19.1. The van der Waals surface area contributed by atoms with Gasteiger partial charge in [-0.1, -0.05) is 18.2 Å². The predicted molar refractivity (Wildman–Crippen MR) is 69.3 cm³/mol. The fourth-order valence-electron chi connectivity index (χ4n) is 1.79. The number of nitrogen functional groups attached to an aromatic ring is 1. The number of anilines is 2. The normalized spacial score (nSPS) is 12.2. The molecule has 0 aliphatic heterocycles. The van der Waals surface area contributed by atoms with E-state index >= 15 is 0 Å². The summed E-state index contributed by atoms with van der Waals surface area (Å²) in [6.45, 7) is 1.79. The highest BCUT2D eigenvalue weighted by Crippen LogP contribution is 2.26. The lowest BCUT2D eigenvalue weighted by molar-refractivity contribution is 0.600. The number of nitrogens with two attached hydrogens (primary N) is 1. The van der Waals surface area contributed by atoms with Gasteiger partial charge in [0, 0.05) is 5.56 Å². The monoisotopic (exact) mass is 248 g/mol. The number of rotatable bonds is 3. The first-order valence-corrected chi connectivity index (χ1v) is 5.64. The lowest BCUT2D eigenvalue weighted by atomic mass is 10.1. The molecule has 1 unspecified atom stereocenters. The maximum atomic E-state index is 13.6. The lowest BCUT2D eigenvalue weighted by Crippen LogP contribution is -2.10. The Morgan fingerprint density at radius 2 is 1.83 bits per heavy atom. The molecule has 0 radical (unpaired) electrons. The average Bonchev–Trinajstić information content (AvgIpc) is 2.34. The van der Waals surface area contributed by atoms with E-state index in [-0.39, 0.29) is 17.7 Å². The summed E-state index contributed by atoms with van der Waals surface area (Å²) in [7, 11) is 0. The Balaban J connectivity index is 2.24. The molecule has 2 aromatic carbocycles. The molecule has 0 saturated carbocycles. The van der Waals surface area contributed by atoms with Crippen molar-refractivity contribution in [3.8, 4) is 0 Å². The number of halogens is 2. The molecule has 2 rings (SSSR count). The summed E-state index contributed by atoms with van der Waals surface area (Å²) in [5.74, 6) is -0.681. The van der Waals surface area contributed by atoms with Gasteiger partial charge in [-0.2, -0.15) is 0 Å². The lowest BCUT2D eigenvalue weighted by Gasteiger charge is -2.17. The topological polar surface area (TPSA) is 38.0 Å². The van der Waals surface area contributed by atoms with Crippen LogP contribution in [0.4, 0.5) is 20.2 Å². The Hall–Kier alpha value is -2.10. The van der Waals surface area contributed by atoms with Gasteiger partial charge in [-0.15, -0.1) is 0 Å². The zero-order valence-electron chi connectivity index (χ0n) is 9.95. The first-order chi connectivity index (χ1) is 8.58. The molecule has 0 bridgehead atoms. The molecule has 2 nitrogen and oxygen atoms in total. The van der Waals surface area contributed by atoms with E-state index < -0.39 is 0 Å². The molecule has 2 aromatic rings. The Morgan fingerprint density at radius 3 is 2.56 bits per heavy atom. The Kier molecular flexibility index (Phi) is 3.46. The standard InChI is InChI=1S/C14H14F2N2/c1-9(11-4-2-3-5-12(11)16)18-14-8-10(15)6-7-13(14)17/h2-9,18H,17H2,1H3. The van der Waals surface area contributed by atoms with E-state index in [9.17, 15) is 8.78 Å². The summed E-state index contributed by atoms with van der Waals surface area (Å²) in [4.78, 5) is 0. The van der Waals surface area contributed by atoms with Gasteiger partial charge in [0.05, 0.1) is 17.4 Å². The van der Waals surface area contributed by atoms with Crippen LogP contribution in [0.1, 0.15) is 18.5 Å². The van der Waals surface area contributed by atoms with Gasteiger partial charge in [-0.25, -0.2) is 8.78 Å².